The van der Waals surface area contributed by atoms with Gasteiger partial charge in [-0.3, -0.25) is 0 Å². The lowest BCUT2D eigenvalue weighted by molar-refractivity contribution is -0.141. The molecule has 0 atom stereocenters. The van der Waals surface area contributed by atoms with Crippen LogP contribution >= 0.6 is 0 Å². The van der Waals surface area contributed by atoms with Gasteiger partial charge in [-0.1, -0.05) is 42.5 Å². The molecule has 1 aliphatic rings. The second-order valence-electron chi connectivity index (χ2n) is 9.09. The van der Waals surface area contributed by atoms with E-state index in [0.29, 0.717) is 11.3 Å². The third kappa shape index (κ3) is 4.62. The number of phenolic OH excluding ortho intramolecular Hbond substituents is 1. The highest BCUT2D eigenvalue weighted by Gasteiger charge is 2.26. The zero-order valence-corrected chi connectivity index (χ0v) is 20.1. The highest BCUT2D eigenvalue weighted by molar-refractivity contribution is 6.05. The first-order chi connectivity index (χ1) is 17.1. The molecule has 35 heavy (non-hydrogen) atoms. The molecule has 0 spiro atoms. The van der Waals surface area contributed by atoms with Crippen LogP contribution in [0.4, 0.5) is 10.1 Å². The van der Waals surface area contributed by atoms with Gasteiger partial charge in [0.25, 0.3) is 0 Å². The number of fused-ring (bicyclic) bond motifs is 1. The van der Waals surface area contributed by atoms with Crippen LogP contribution in [0.25, 0.3) is 33.0 Å². The lowest BCUT2D eigenvalue weighted by Gasteiger charge is -2.36. The summed E-state index contributed by atoms with van der Waals surface area (Å²) in [5.41, 5.74) is 4.93. The molecular weight excluding hydrogens is 441 g/mol. The fraction of sp³-hybridized carbons (Fsp3) is 0.267. The molecule has 4 aromatic carbocycles. The van der Waals surface area contributed by atoms with Crippen molar-refractivity contribution in [2.45, 2.75) is 19.1 Å². The van der Waals surface area contributed by atoms with Crippen molar-refractivity contribution in [1.29, 1.82) is 0 Å². The van der Waals surface area contributed by atoms with Gasteiger partial charge in [0.1, 0.15) is 11.6 Å². The van der Waals surface area contributed by atoms with Gasteiger partial charge in [0.15, 0.2) is 6.29 Å². The summed E-state index contributed by atoms with van der Waals surface area (Å²) in [6.07, 6.45) is 1.87. The lowest BCUT2D eigenvalue weighted by atomic mass is 9.89. The molecule has 5 heteroatoms. The van der Waals surface area contributed by atoms with E-state index in [0.717, 1.165) is 53.6 Å². The second kappa shape index (κ2) is 10.1. The van der Waals surface area contributed by atoms with Gasteiger partial charge >= 0.3 is 0 Å². The number of methoxy groups -OCH3 is 2. The van der Waals surface area contributed by atoms with Gasteiger partial charge < -0.3 is 19.5 Å². The van der Waals surface area contributed by atoms with Gasteiger partial charge in [-0.25, -0.2) is 4.39 Å². The maximum absolute atomic E-state index is 15.1. The van der Waals surface area contributed by atoms with Crippen LogP contribution in [0.3, 0.4) is 0 Å². The summed E-state index contributed by atoms with van der Waals surface area (Å²) in [7, 11) is 3.40. The summed E-state index contributed by atoms with van der Waals surface area (Å²) in [6.45, 7) is 1.89. The smallest absolute Gasteiger partial charge is 0.159 e. The molecule has 1 saturated heterocycles. The number of benzene rings is 4. The highest BCUT2D eigenvalue weighted by Crippen LogP contribution is 2.41. The molecule has 4 aromatic rings. The van der Waals surface area contributed by atoms with Crippen LogP contribution in [-0.2, 0) is 9.47 Å². The number of anilines is 1. The molecule has 180 valence electrons. The zero-order valence-electron chi connectivity index (χ0n) is 20.1. The average Bonchev–Trinajstić information content (AvgIpc) is 2.91. The molecule has 0 aliphatic carbocycles. The Labute approximate surface area is 205 Å². The van der Waals surface area contributed by atoms with E-state index in [-0.39, 0.29) is 17.9 Å². The monoisotopic (exact) mass is 471 g/mol. The Bertz CT molecular complexity index is 1290. The van der Waals surface area contributed by atoms with E-state index in [2.05, 4.69) is 29.2 Å². The summed E-state index contributed by atoms with van der Waals surface area (Å²) >= 11 is 0. The number of aromatic hydroxyl groups is 1. The van der Waals surface area contributed by atoms with Crippen molar-refractivity contribution in [1.82, 2.24) is 0 Å². The molecule has 1 heterocycles. The third-order valence-corrected chi connectivity index (χ3v) is 7.07. The molecule has 0 unspecified atom stereocenters. The molecule has 1 N–H and O–H groups in total. The van der Waals surface area contributed by atoms with Crippen LogP contribution in [0.1, 0.15) is 12.8 Å². The first-order valence-electron chi connectivity index (χ1n) is 12.0. The van der Waals surface area contributed by atoms with Gasteiger partial charge in [-0.05, 0) is 76.9 Å². The van der Waals surface area contributed by atoms with Crippen LogP contribution in [0.5, 0.6) is 5.75 Å². The van der Waals surface area contributed by atoms with Crippen molar-refractivity contribution >= 4 is 16.5 Å². The SMILES string of the molecule is COC(OC)C1CCN(c2ccc(-c3c(-c4ccccc4)cc(F)c4cc(O)ccc34)cc2)CC1. The Hall–Kier alpha value is -3.41. The van der Waals surface area contributed by atoms with Crippen LogP contribution in [0.15, 0.2) is 78.9 Å². The van der Waals surface area contributed by atoms with Crippen molar-refractivity contribution in [2.75, 3.05) is 32.2 Å². The number of halogens is 1. The minimum atomic E-state index is -0.344. The van der Waals surface area contributed by atoms with E-state index in [1.807, 2.05) is 30.3 Å². The average molecular weight is 472 g/mol. The van der Waals surface area contributed by atoms with Crippen LogP contribution in [0.2, 0.25) is 0 Å². The normalized spacial score (nSPS) is 14.7. The zero-order chi connectivity index (χ0) is 24.4. The standard InChI is InChI=1S/C30H30FNO3/c1-34-30(35-2)22-14-16-32(17-15-22)23-10-8-21(9-11-23)29-25-13-12-24(33)18-27(25)28(31)19-26(29)20-6-4-3-5-7-20/h3-13,18-19,22,30,33H,14-17H2,1-2H3. The van der Waals surface area contributed by atoms with Crippen molar-refractivity contribution in [3.05, 3.63) is 84.7 Å². The number of phenols is 1. The van der Waals surface area contributed by atoms with Gasteiger partial charge in [0, 0.05) is 44.3 Å². The number of rotatable bonds is 6. The lowest BCUT2D eigenvalue weighted by Crippen LogP contribution is -2.39. The Kier molecular flexibility index (Phi) is 6.71. The number of hydrogen-bond acceptors (Lipinski definition) is 4. The Morgan fingerprint density at radius 1 is 0.829 bits per heavy atom. The quantitative estimate of drug-likeness (QED) is 0.312. The fourth-order valence-corrected chi connectivity index (χ4v) is 5.28. The molecule has 1 fully saturated rings. The Morgan fingerprint density at radius 2 is 1.51 bits per heavy atom. The molecule has 0 aromatic heterocycles. The van der Waals surface area contributed by atoms with Gasteiger partial charge in [0.2, 0.25) is 0 Å². The van der Waals surface area contributed by atoms with E-state index >= 15 is 4.39 Å². The molecule has 0 amide bonds. The summed E-state index contributed by atoms with van der Waals surface area (Å²) in [4.78, 5) is 2.39. The van der Waals surface area contributed by atoms with Crippen molar-refractivity contribution in [2.24, 2.45) is 5.92 Å². The largest absolute Gasteiger partial charge is 0.508 e. The second-order valence-corrected chi connectivity index (χ2v) is 9.09. The molecule has 1 aliphatic heterocycles. The van der Waals surface area contributed by atoms with Crippen molar-refractivity contribution in [3.8, 4) is 28.0 Å². The van der Waals surface area contributed by atoms with E-state index in [9.17, 15) is 5.11 Å². The summed E-state index contributed by atoms with van der Waals surface area (Å²) < 4.78 is 26.0. The minimum Gasteiger partial charge on any atom is -0.508 e. The minimum absolute atomic E-state index is 0.0535. The van der Waals surface area contributed by atoms with E-state index in [1.54, 1.807) is 32.4 Å². The maximum atomic E-state index is 15.1. The topological polar surface area (TPSA) is 41.9 Å². The summed E-state index contributed by atoms with van der Waals surface area (Å²) in [5.74, 6) is 0.108. The molecule has 0 saturated carbocycles. The predicted molar refractivity (Wildman–Crippen MR) is 139 cm³/mol. The van der Waals surface area contributed by atoms with Gasteiger partial charge in [-0.15, -0.1) is 0 Å². The first-order valence-corrected chi connectivity index (χ1v) is 12.0. The summed E-state index contributed by atoms with van der Waals surface area (Å²) in [6, 6.07) is 24.9. The summed E-state index contributed by atoms with van der Waals surface area (Å²) in [5, 5.41) is 11.2. The van der Waals surface area contributed by atoms with Crippen LogP contribution < -0.4 is 4.90 Å². The van der Waals surface area contributed by atoms with E-state index < -0.39 is 0 Å². The fourth-order valence-electron chi connectivity index (χ4n) is 5.28. The van der Waals surface area contributed by atoms with E-state index in [1.165, 1.54) is 11.8 Å². The molecule has 0 bridgehead atoms. The molecule has 4 nitrogen and oxygen atoms in total. The number of piperidine rings is 1. The number of nitrogens with zero attached hydrogens (tertiary/aromatic N) is 1. The van der Waals surface area contributed by atoms with Gasteiger partial charge in [-0.2, -0.15) is 0 Å². The first kappa shape index (κ1) is 23.3. The molecule has 0 radical (unpaired) electrons. The highest BCUT2D eigenvalue weighted by atomic mass is 19.1. The van der Waals surface area contributed by atoms with Crippen molar-refractivity contribution < 1.29 is 19.0 Å². The number of ether oxygens (including phenoxy) is 2. The molecular formula is C30H30FNO3. The van der Waals surface area contributed by atoms with Gasteiger partial charge in [0.05, 0.1) is 0 Å². The predicted octanol–water partition coefficient (Wildman–Crippen LogP) is 6.85. The van der Waals surface area contributed by atoms with Crippen molar-refractivity contribution in [3.63, 3.8) is 0 Å². The third-order valence-electron chi connectivity index (χ3n) is 7.07. The van der Waals surface area contributed by atoms with E-state index in [4.69, 9.17) is 9.47 Å². The Balaban J connectivity index is 1.51. The molecule has 5 rings (SSSR count). The number of hydrogen-bond donors (Lipinski definition) is 1. The van der Waals surface area contributed by atoms with Crippen LogP contribution in [0, 0.1) is 11.7 Å². The van der Waals surface area contributed by atoms with Crippen LogP contribution in [-0.4, -0.2) is 38.7 Å². The maximum Gasteiger partial charge on any atom is 0.159 e. The Morgan fingerprint density at radius 3 is 2.17 bits per heavy atom.